The Kier molecular flexibility index (Phi) is 3.90. The van der Waals surface area contributed by atoms with Crippen molar-refractivity contribution >= 4 is 33.9 Å². The Bertz CT molecular complexity index is 1290. The van der Waals surface area contributed by atoms with E-state index in [1.165, 1.54) is 0 Å². The van der Waals surface area contributed by atoms with Crippen molar-refractivity contribution in [3.05, 3.63) is 54.6 Å². The van der Waals surface area contributed by atoms with Crippen LogP contribution in [0.3, 0.4) is 0 Å². The van der Waals surface area contributed by atoms with Crippen molar-refractivity contribution in [2.24, 2.45) is 11.8 Å². The van der Waals surface area contributed by atoms with Gasteiger partial charge in [0.05, 0.1) is 23.6 Å². The van der Waals surface area contributed by atoms with Crippen molar-refractivity contribution < 1.29 is 9.53 Å². The van der Waals surface area contributed by atoms with Gasteiger partial charge in [0, 0.05) is 17.3 Å². The van der Waals surface area contributed by atoms with Crippen molar-refractivity contribution in [2.45, 2.75) is 13.3 Å². The maximum Gasteiger partial charge on any atom is 0.230 e. The van der Waals surface area contributed by atoms with Gasteiger partial charge in [0.25, 0.3) is 0 Å². The summed E-state index contributed by atoms with van der Waals surface area (Å²) in [5, 5.41) is 16.5. The fraction of sp³-hybridized carbons (Fsp3) is 0.174. The molecule has 0 unspecified atom stereocenters. The minimum atomic E-state index is -0.249. The molecule has 1 fully saturated rings. The van der Waals surface area contributed by atoms with E-state index in [0.717, 1.165) is 38.9 Å². The molecule has 0 spiro atoms. The van der Waals surface area contributed by atoms with E-state index in [9.17, 15) is 4.79 Å². The molecule has 0 radical (unpaired) electrons. The Morgan fingerprint density at radius 3 is 2.97 bits per heavy atom. The van der Waals surface area contributed by atoms with Crippen molar-refractivity contribution in [3.8, 4) is 22.9 Å². The second-order valence-electron chi connectivity index (χ2n) is 7.74. The fourth-order valence-corrected chi connectivity index (χ4v) is 3.85. The smallest absolute Gasteiger partial charge is 0.230 e. The summed E-state index contributed by atoms with van der Waals surface area (Å²) in [4.78, 5) is 16.6. The average molecular weight is 397 g/mol. The van der Waals surface area contributed by atoms with Gasteiger partial charge in [-0.25, -0.2) is 4.98 Å². The summed E-state index contributed by atoms with van der Waals surface area (Å²) in [6.45, 7) is 5.83. The molecule has 1 saturated carbocycles. The lowest BCUT2D eigenvalue weighted by atomic mass is 9.96. The molecule has 5 rings (SSSR count). The zero-order valence-electron chi connectivity index (χ0n) is 16.3. The first-order valence-electron chi connectivity index (χ1n) is 9.61. The standard InChI is InChI=1S/C23H19N5O2/c1-11-3-20-21(30-12(2)27-20)8-16(11)13-4-14-7-22(26-10-18(14)19(25)6-13)28-23(29)17-5-15(17)9-24/h3-4,6-8,10,15,17,27H,2,5,25H2,1H3,(H,26,28,29)/t15-,17+/m1/s1. The molecule has 4 N–H and O–H groups in total. The number of nitrogens with one attached hydrogen (secondary N) is 2. The first-order valence-corrected chi connectivity index (χ1v) is 9.61. The van der Waals surface area contributed by atoms with Crippen LogP contribution >= 0.6 is 0 Å². The highest BCUT2D eigenvalue weighted by molar-refractivity contribution is 6.00. The molecule has 1 aromatic heterocycles. The third-order valence-corrected chi connectivity index (χ3v) is 5.56. The van der Waals surface area contributed by atoms with Gasteiger partial charge < -0.3 is 21.1 Å². The number of carbonyl (C=O) groups excluding carboxylic acids is 1. The van der Waals surface area contributed by atoms with E-state index < -0.39 is 0 Å². The Labute approximate surface area is 173 Å². The lowest BCUT2D eigenvalue weighted by Gasteiger charge is -2.12. The number of nitrogen functional groups attached to an aromatic ring is 1. The summed E-state index contributed by atoms with van der Waals surface area (Å²) in [5.41, 5.74) is 10.8. The first-order chi connectivity index (χ1) is 14.4. The summed E-state index contributed by atoms with van der Waals surface area (Å²) in [6, 6.07) is 11.8. The first kappa shape index (κ1) is 18.0. The SMILES string of the molecule is C=C1Nc2cc(C)c(-c3cc(N)c4cnc(NC(=O)[C@H]5C[C@@H]5C#N)cc4c3)cc2O1. The third kappa shape index (κ3) is 2.99. The Morgan fingerprint density at radius 2 is 2.20 bits per heavy atom. The maximum atomic E-state index is 12.3. The number of carbonyl (C=O) groups is 1. The molecule has 0 saturated heterocycles. The minimum Gasteiger partial charge on any atom is -0.439 e. The summed E-state index contributed by atoms with van der Waals surface area (Å²) in [5.74, 6) is 1.06. The third-order valence-electron chi connectivity index (χ3n) is 5.56. The zero-order valence-corrected chi connectivity index (χ0v) is 16.3. The number of hydrogen-bond acceptors (Lipinski definition) is 6. The topological polar surface area (TPSA) is 113 Å². The second-order valence-corrected chi connectivity index (χ2v) is 7.74. The Morgan fingerprint density at radius 1 is 1.37 bits per heavy atom. The number of amides is 1. The summed E-state index contributed by atoms with van der Waals surface area (Å²) < 4.78 is 5.63. The fourth-order valence-electron chi connectivity index (χ4n) is 3.85. The van der Waals surface area contributed by atoms with Gasteiger partial charge in [0.15, 0.2) is 11.6 Å². The molecule has 1 aliphatic carbocycles. The number of nitrogens with zero attached hydrogens (tertiary/aromatic N) is 2. The van der Waals surface area contributed by atoms with Crippen molar-refractivity contribution in [1.29, 1.82) is 5.26 Å². The van der Waals surface area contributed by atoms with E-state index in [-0.39, 0.29) is 17.7 Å². The molecular formula is C23H19N5O2. The summed E-state index contributed by atoms with van der Waals surface area (Å²) >= 11 is 0. The van der Waals surface area contributed by atoms with E-state index in [2.05, 4.69) is 28.3 Å². The molecule has 2 heterocycles. The maximum absolute atomic E-state index is 12.3. The van der Waals surface area contributed by atoms with Gasteiger partial charge in [-0.1, -0.05) is 0 Å². The highest BCUT2D eigenvalue weighted by Crippen LogP contribution is 2.41. The number of nitriles is 1. The van der Waals surface area contributed by atoms with Gasteiger partial charge in [-0.05, 0) is 72.3 Å². The van der Waals surface area contributed by atoms with Gasteiger partial charge in [0.1, 0.15) is 5.82 Å². The van der Waals surface area contributed by atoms with E-state index in [1.54, 1.807) is 12.3 Å². The number of aryl methyl sites for hydroxylation is 1. The monoisotopic (exact) mass is 397 g/mol. The summed E-state index contributed by atoms with van der Waals surface area (Å²) in [6.07, 6.45) is 2.26. The summed E-state index contributed by atoms with van der Waals surface area (Å²) in [7, 11) is 0. The van der Waals surface area contributed by atoms with E-state index >= 15 is 0 Å². The van der Waals surface area contributed by atoms with Gasteiger partial charge >= 0.3 is 0 Å². The predicted molar refractivity (Wildman–Crippen MR) is 116 cm³/mol. The van der Waals surface area contributed by atoms with Crippen LogP contribution in [-0.4, -0.2) is 10.9 Å². The van der Waals surface area contributed by atoms with Crippen LogP contribution in [0.25, 0.3) is 21.9 Å². The van der Waals surface area contributed by atoms with Crippen LogP contribution in [0.4, 0.5) is 17.2 Å². The molecular weight excluding hydrogens is 378 g/mol. The van der Waals surface area contributed by atoms with Crippen LogP contribution in [-0.2, 0) is 4.79 Å². The lowest BCUT2D eigenvalue weighted by Crippen LogP contribution is -2.15. The second kappa shape index (κ2) is 6.49. The number of ether oxygens (including phenoxy) is 1. The van der Waals surface area contributed by atoms with Gasteiger partial charge in [-0.15, -0.1) is 0 Å². The highest BCUT2D eigenvalue weighted by Gasteiger charge is 2.43. The Balaban J connectivity index is 1.52. The molecule has 2 aromatic carbocycles. The molecule has 1 amide bonds. The number of hydrogen-bond donors (Lipinski definition) is 3. The van der Waals surface area contributed by atoms with Gasteiger partial charge in [0.2, 0.25) is 5.91 Å². The van der Waals surface area contributed by atoms with Crippen LogP contribution in [0.15, 0.2) is 49.0 Å². The normalized spacial score (nSPS) is 18.9. The van der Waals surface area contributed by atoms with Crippen LogP contribution in [0.5, 0.6) is 5.75 Å². The van der Waals surface area contributed by atoms with Crippen LogP contribution in [0.2, 0.25) is 0 Å². The molecule has 3 aromatic rings. The molecule has 7 heteroatoms. The molecule has 1 aliphatic heterocycles. The molecule has 0 bridgehead atoms. The molecule has 7 nitrogen and oxygen atoms in total. The highest BCUT2D eigenvalue weighted by atomic mass is 16.5. The van der Waals surface area contributed by atoms with Gasteiger partial charge in [-0.3, -0.25) is 4.79 Å². The Hall–Kier alpha value is -4.05. The van der Waals surface area contributed by atoms with Crippen LogP contribution in [0.1, 0.15) is 12.0 Å². The van der Waals surface area contributed by atoms with E-state index in [4.69, 9.17) is 15.7 Å². The number of anilines is 3. The number of nitrogens with two attached hydrogens (primary N) is 1. The number of fused-ring (bicyclic) bond motifs is 2. The number of aromatic nitrogens is 1. The van der Waals surface area contributed by atoms with E-state index in [1.807, 2.05) is 31.2 Å². The van der Waals surface area contributed by atoms with Crippen molar-refractivity contribution in [3.63, 3.8) is 0 Å². The predicted octanol–water partition coefficient (Wildman–Crippen LogP) is 4.17. The van der Waals surface area contributed by atoms with Crippen molar-refractivity contribution in [2.75, 3.05) is 16.4 Å². The van der Waals surface area contributed by atoms with Crippen LogP contribution < -0.4 is 21.1 Å². The molecule has 2 aliphatic rings. The van der Waals surface area contributed by atoms with E-state index in [0.29, 0.717) is 23.8 Å². The number of pyridine rings is 1. The minimum absolute atomic E-state index is 0.170. The molecule has 2 atom stereocenters. The zero-order chi connectivity index (χ0) is 21.0. The van der Waals surface area contributed by atoms with Crippen molar-refractivity contribution in [1.82, 2.24) is 4.98 Å². The van der Waals surface area contributed by atoms with Crippen LogP contribution in [0, 0.1) is 30.1 Å². The quantitative estimate of drug-likeness (QED) is 0.572. The largest absolute Gasteiger partial charge is 0.439 e. The molecule has 148 valence electrons. The number of benzene rings is 2. The average Bonchev–Trinajstić information content (AvgIpc) is 3.41. The number of rotatable bonds is 3. The van der Waals surface area contributed by atoms with Gasteiger partial charge in [-0.2, -0.15) is 5.26 Å². The molecule has 30 heavy (non-hydrogen) atoms. The lowest BCUT2D eigenvalue weighted by molar-refractivity contribution is -0.117.